The van der Waals surface area contributed by atoms with Gasteiger partial charge in [-0.05, 0) is 55.4 Å². The molecule has 1 aliphatic heterocycles. The number of pyridine rings is 1. The topological polar surface area (TPSA) is 48.4 Å². The quantitative estimate of drug-likeness (QED) is 0.900. The second-order valence-electron chi connectivity index (χ2n) is 5.63. The Morgan fingerprint density at radius 1 is 1.40 bits per heavy atom. The molecule has 0 radical (unpaired) electrons. The Hall–Kier alpha value is -1.81. The molecular weight excluding hydrogens is 250 g/mol. The molecule has 0 saturated carbocycles. The van der Waals surface area contributed by atoms with E-state index in [9.17, 15) is 5.11 Å². The van der Waals surface area contributed by atoms with Crippen molar-refractivity contribution in [3.63, 3.8) is 0 Å². The van der Waals surface area contributed by atoms with E-state index in [1.807, 2.05) is 18.3 Å². The van der Waals surface area contributed by atoms with Gasteiger partial charge in [0.1, 0.15) is 11.6 Å². The first-order chi connectivity index (χ1) is 9.74. The number of hydrogen-bond acceptors (Lipinski definition) is 4. The molecule has 1 fully saturated rings. The monoisotopic (exact) mass is 271 g/mol. The highest BCUT2D eigenvalue weighted by atomic mass is 16.3. The molecule has 1 unspecified atom stereocenters. The zero-order valence-electron chi connectivity index (χ0n) is 11.8. The SMILES string of the molecule is CN(CC1CCCNC1)c1nccc2ccc(O)cc12. The van der Waals surface area contributed by atoms with Crippen LogP contribution in [0.3, 0.4) is 0 Å². The Morgan fingerprint density at radius 3 is 3.10 bits per heavy atom. The van der Waals surface area contributed by atoms with Crippen LogP contribution in [0.4, 0.5) is 5.82 Å². The molecule has 2 N–H and O–H groups in total. The molecule has 3 rings (SSSR count). The van der Waals surface area contributed by atoms with Crippen molar-refractivity contribution in [2.45, 2.75) is 12.8 Å². The smallest absolute Gasteiger partial charge is 0.136 e. The largest absolute Gasteiger partial charge is 0.508 e. The van der Waals surface area contributed by atoms with Crippen molar-refractivity contribution >= 4 is 16.6 Å². The minimum Gasteiger partial charge on any atom is -0.508 e. The standard InChI is InChI=1S/C16H21N3O/c1-19(11-12-3-2-7-17-10-12)16-15-9-14(20)5-4-13(15)6-8-18-16/h4-6,8-9,12,17,20H,2-3,7,10-11H2,1H3. The van der Waals surface area contributed by atoms with E-state index in [0.29, 0.717) is 11.7 Å². The van der Waals surface area contributed by atoms with Crippen LogP contribution >= 0.6 is 0 Å². The number of nitrogens with one attached hydrogen (secondary N) is 1. The van der Waals surface area contributed by atoms with Gasteiger partial charge in [0.2, 0.25) is 0 Å². The Balaban J connectivity index is 1.86. The number of aromatic nitrogens is 1. The number of phenols is 1. The molecule has 4 heteroatoms. The lowest BCUT2D eigenvalue weighted by molar-refractivity contribution is 0.381. The number of nitrogens with zero attached hydrogens (tertiary/aromatic N) is 2. The van der Waals surface area contributed by atoms with E-state index in [1.165, 1.54) is 12.8 Å². The Morgan fingerprint density at radius 2 is 2.30 bits per heavy atom. The lowest BCUT2D eigenvalue weighted by Gasteiger charge is -2.28. The number of aromatic hydroxyl groups is 1. The third-order valence-electron chi connectivity index (χ3n) is 4.02. The summed E-state index contributed by atoms with van der Waals surface area (Å²) < 4.78 is 0. The van der Waals surface area contributed by atoms with Gasteiger partial charge in [-0.25, -0.2) is 4.98 Å². The van der Waals surface area contributed by atoms with Crippen LogP contribution in [-0.2, 0) is 0 Å². The lowest BCUT2D eigenvalue weighted by Crippen LogP contribution is -2.37. The third-order valence-corrected chi connectivity index (χ3v) is 4.02. The molecule has 2 aromatic rings. The Labute approximate surface area is 119 Å². The molecule has 106 valence electrons. The third kappa shape index (κ3) is 2.70. The number of benzene rings is 1. The second kappa shape index (κ2) is 5.67. The summed E-state index contributed by atoms with van der Waals surface area (Å²) in [5.74, 6) is 1.91. The molecular formula is C16H21N3O. The summed E-state index contributed by atoms with van der Waals surface area (Å²) in [7, 11) is 2.08. The fraction of sp³-hybridized carbons (Fsp3) is 0.438. The molecule has 0 aliphatic carbocycles. The molecule has 20 heavy (non-hydrogen) atoms. The minimum atomic E-state index is 0.291. The minimum absolute atomic E-state index is 0.291. The average Bonchev–Trinajstić information content (AvgIpc) is 2.47. The predicted octanol–water partition coefficient (Wildman–Crippen LogP) is 2.38. The maximum absolute atomic E-state index is 9.70. The van der Waals surface area contributed by atoms with Crippen molar-refractivity contribution in [3.05, 3.63) is 30.5 Å². The van der Waals surface area contributed by atoms with Crippen molar-refractivity contribution in [3.8, 4) is 5.75 Å². The zero-order chi connectivity index (χ0) is 13.9. The first kappa shape index (κ1) is 13.2. The Bertz CT molecular complexity index is 593. The van der Waals surface area contributed by atoms with Gasteiger partial charge in [0, 0.05) is 25.2 Å². The summed E-state index contributed by atoms with van der Waals surface area (Å²) in [4.78, 5) is 6.72. The molecule has 1 saturated heterocycles. The number of hydrogen-bond donors (Lipinski definition) is 2. The predicted molar refractivity (Wildman–Crippen MR) is 82.3 cm³/mol. The van der Waals surface area contributed by atoms with Crippen LogP contribution in [0, 0.1) is 5.92 Å². The lowest BCUT2D eigenvalue weighted by atomic mass is 9.99. The number of rotatable bonds is 3. The zero-order valence-corrected chi connectivity index (χ0v) is 11.8. The molecule has 2 heterocycles. The summed E-state index contributed by atoms with van der Waals surface area (Å²) >= 11 is 0. The van der Waals surface area contributed by atoms with Crippen LogP contribution in [0.5, 0.6) is 5.75 Å². The van der Waals surface area contributed by atoms with Gasteiger partial charge in [-0.15, -0.1) is 0 Å². The van der Waals surface area contributed by atoms with Crippen molar-refractivity contribution in [2.24, 2.45) is 5.92 Å². The Kier molecular flexibility index (Phi) is 3.74. The summed E-state index contributed by atoms with van der Waals surface area (Å²) in [6, 6.07) is 7.44. The van der Waals surface area contributed by atoms with E-state index in [1.54, 1.807) is 12.1 Å². The normalized spacial score (nSPS) is 19.1. The number of piperidine rings is 1. The molecule has 4 nitrogen and oxygen atoms in total. The summed E-state index contributed by atoms with van der Waals surface area (Å²) in [5.41, 5.74) is 0. The van der Waals surface area contributed by atoms with Gasteiger partial charge >= 0.3 is 0 Å². The van der Waals surface area contributed by atoms with E-state index in [2.05, 4.69) is 22.2 Å². The first-order valence-electron chi connectivity index (χ1n) is 7.23. The van der Waals surface area contributed by atoms with Crippen LogP contribution in [0.1, 0.15) is 12.8 Å². The van der Waals surface area contributed by atoms with Gasteiger partial charge in [-0.1, -0.05) is 6.07 Å². The maximum atomic E-state index is 9.70. The second-order valence-corrected chi connectivity index (χ2v) is 5.63. The van der Waals surface area contributed by atoms with E-state index in [0.717, 1.165) is 36.2 Å². The van der Waals surface area contributed by atoms with Crippen molar-refractivity contribution < 1.29 is 5.11 Å². The molecule has 0 amide bonds. The van der Waals surface area contributed by atoms with Crippen LogP contribution < -0.4 is 10.2 Å². The van der Waals surface area contributed by atoms with Gasteiger partial charge in [0.15, 0.2) is 0 Å². The summed E-state index contributed by atoms with van der Waals surface area (Å²) in [5, 5.41) is 15.3. The van der Waals surface area contributed by atoms with Crippen molar-refractivity contribution in [1.29, 1.82) is 0 Å². The highest BCUT2D eigenvalue weighted by molar-refractivity contribution is 5.93. The average molecular weight is 271 g/mol. The van der Waals surface area contributed by atoms with Crippen LogP contribution in [0.25, 0.3) is 10.8 Å². The molecule has 0 spiro atoms. The first-order valence-corrected chi connectivity index (χ1v) is 7.23. The van der Waals surface area contributed by atoms with Gasteiger partial charge in [-0.3, -0.25) is 0 Å². The van der Waals surface area contributed by atoms with E-state index in [4.69, 9.17) is 0 Å². The maximum Gasteiger partial charge on any atom is 0.136 e. The van der Waals surface area contributed by atoms with Crippen LogP contribution in [0.15, 0.2) is 30.5 Å². The van der Waals surface area contributed by atoms with Crippen molar-refractivity contribution in [1.82, 2.24) is 10.3 Å². The molecule has 1 atom stereocenters. The molecule has 1 aromatic heterocycles. The number of anilines is 1. The summed E-state index contributed by atoms with van der Waals surface area (Å²) in [6.07, 6.45) is 4.36. The van der Waals surface area contributed by atoms with E-state index in [-0.39, 0.29) is 0 Å². The van der Waals surface area contributed by atoms with Gasteiger partial charge < -0.3 is 15.3 Å². The van der Waals surface area contributed by atoms with Crippen LogP contribution in [0.2, 0.25) is 0 Å². The van der Waals surface area contributed by atoms with Gasteiger partial charge in [0.05, 0.1) is 0 Å². The molecule has 0 bridgehead atoms. The number of phenolic OH excluding ortho intramolecular Hbond substituents is 1. The van der Waals surface area contributed by atoms with Gasteiger partial charge in [0.25, 0.3) is 0 Å². The highest BCUT2D eigenvalue weighted by Crippen LogP contribution is 2.27. The fourth-order valence-electron chi connectivity index (χ4n) is 3.00. The fourth-order valence-corrected chi connectivity index (χ4v) is 3.00. The molecule has 1 aromatic carbocycles. The number of fused-ring (bicyclic) bond motifs is 1. The highest BCUT2D eigenvalue weighted by Gasteiger charge is 2.17. The van der Waals surface area contributed by atoms with E-state index < -0.39 is 0 Å². The van der Waals surface area contributed by atoms with Crippen molar-refractivity contribution in [2.75, 3.05) is 31.6 Å². The summed E-state index contributed by atoms with van der Waals surface area (Å²) in [6.45, 7) is 3.22. The van der Waals surface area contributed by atoms with Crippen LogP contribution in [-0.4, -0.2) is 36.8 Å². The van der Waals surface area contributed by atoms with E-state index >= 15 is 0 Å². The van der Waals surface area contributed by atoms with Gasteiger partial charge in [-0.2, -0.15) is 0 Å². The molecule has 1 aliphatic rings.